The zero-order valence-corrected chi connectivity index (χ0v) is 22.9. The Morgan fingerprint density at radius 1 is 0.974 bits per heavy atom. The van der Waals surface area contributed by atoms with Crippen LogP contribution in [0.1, 0.15) is 82.3 Å². The first-order valence-corrected chi connectivity index (χ1v) is 14.6. The van der Waals surface area contributed by atoms with Gasteiger partial charge in [0.1, 0.15) is 11.6 Å². The minimum absolute atomic E-state index is 0.139. The molecular formula is C30H41N7O. The van der Waals surface area contributed by atoms with E-state index >= 15 is 0 Å². The Morgan fingerprint density at radius 3 is 2.42 bits per heavy atom. The van der Waals surface area contributed by atoms with Gasteiger partial charge in [0, 0.05) is 68.3 Å². The summed E-state index contributed by atoms with van der Waals surface area (Å²) in [5.74, 6) is 3.00. The van der Waals surface area contributed by atoms with Crippen LogP contribution in [0.3, 0.4) is 0 Å². The molecule has 0 amide bonds. The zero-order chi connectivity index (χ0) is 26.1. The van der Waals surface area contributed by atoms with Crippen molar-refractivity contribution in [2.75, 3.05) is 42.9 Å². The Bertz CT molecular complexity index is 1170. The lowest BCUT2D eigenvalue weighted by Gasteiger charge is -2.39. The molecule has 2 saturated carbocycles. The highest BCUT2D eigenvalue weighted by Crippen LogP contribution is 2.39. The SMILES string of the molecule is CC(=O)C1=C(C)c2cnc(Nc3ccc(C4CCC(N5CCNCC5)CC4)cn3)nc2N(C2CCCC2)C1. The lowest BCUT2D eigenvalue weighted by atomic mass is 9.81. The first kappa shape index (κ1) is 25.4. The monoisotopic (exact) mass is 515 g/mol. The Hall–Kier alpha value is -2.84. The Labute approximate surface area is 226 Å². The first-order valence-electron chi connectivity index (χ1n) is 14.6. The average molecular weight is 516 g/mol. The second kappa shape index (κ2) is 11.1. The normalized spacial score (nSPS) is 24.9. The van der Waals surface area contributed by atoms with Crippen LogP contribution in [-0.4, -0.2) is 70.4 Å². The van der Waals surface area contributed by atoms with Crippen LogP contribution >= 0.6 is 0 Å². The van der Waals surface area contributed by atoms with Crippen LogP contribution in [-0.2, 0) is 4.79 Å². The molecule has 0 spiro atoms. The van der Waals surface area contributed by atoms with E-state index in [0.29, 0.717) is 24.5 Å². The van der Waals surface area contributed by atoms with E-state index in [0.717, 1.165) is 60.3 Å². The number of ketones is 1. The number of nitrogens with zero attached hydrogens (tertiary/aromatic N) is 5. The number of anilines is 3. The molecular weight excluding hydrogens is 474 g/mol. The number of allylic oxidation sites excluding steroid dienone is 1. The van der Waals surface area contributed by atoms with E-state index in [1.165, 1.54) is 57.2 Å². The summed E-state index contributed by atoms with van der Waals surface area (Å²) in [5, 5.41) is 6.81. The van der Waals surface area contributed by atoms with E-state index in [2.05, 4.69) is 37.6 Å². The van der Waals surface area contributed by atoms with Gasteiger partial charge in [0.15, 0.2) is 5.78 Å². The number of aromatic nitrogens is 3. The maximum Gasteiger partial charge on any atom is 0.230 e. The summed E-state index contributed by atoms with van der Waals surface area (Å²) in [6, 6.07) is 5.46. The van der Waals surface area contributed by atoms with Gasteiger partial charge < -0.3 is 15.5 Å². The van der Waals surface area contributed by atoms with Gasteiger partial charge in [-0.3, -0.25) is 9.69 Å². The minimum atomic E-state index is 0.139. The van der Waals surface area contributed by atoms with Crippen LogP contribution in [0.5, 0.6) is 0 Å². The highest BCUT2D eigenvalue weighted by molar-refractivity contribution is 6.04. The Balaban J connectivity index is 1.14. The van der Waals surface area contributed by atoms with Crippen molar-refractivity contribution in [2.24, 2.45) is 0 Å². The van der Waals surface area contributed by atoms with Gasteiger partial charge in [-0.1, -0.05) is 18.9 Å². The van der Waals surface area contributed by atoms with Crippen LogP contribution in [0.15, 0.2) is 30.1 Å². The zero-order valence-electron chi connectivity index (χ0n) is 22.9. The molecule has 0 unspecified atom stereocenters. The number of rotatable bonds is 6. The van der Waals surface area contributed by atoms with Gasteiger partial charge in [0.2, 0.25) is 5.95 Å². The van der Waals surface area contributed by atoms with Crippen LogP contribution in [0.4, 0.5) is 17.6 Å². The molecule has 0 bridgehead atoms. The van der Waals surface area contributed by atoms with Crippen LogP contribution in [0.25, 0.3) is 5.57 Å². The summed E-state index contributed by atoms with van der Waals surface area (Å²) in [6.07, 6.45) is 13.7. The number of nitrogens with one attached hydrogen (secondary N) is 2. The summed E-state index contributed by atoms with van der Waals surface area (Å²) in [5.41, 5.74) is 4.19. The second-order valence-corrected chi connectivity index (χ2v) is 11.6. The fourth-order valence-electron chi connectivity index (χ4n) is 6.99. The molecule has 38 heavy (non-hydrogen) atoms. The number of carbonyl (C=O) groups is 1. The number of hydrogen-bond donors (Lipinski definition) is 2. The Morgan fingerprint density at radius 2 is 1.74 bits per heavy atom. The molecule has 2 aromatic heterocycles. The molecule has 2 aromatic rings. The van der Waals surface area contributed by atoms with Crippen molar-refractivity contribution in [1.82, 2.24) is 25.2 Å². The molecule has 8 nitrogen and oxygen atoms in total. The number of piperazine rings is 1. The topological polar surface area (TPSA) is 86.3 Å². The molecule has 6 rings (SSSR count). The summed E-state index contributed by atoms with van der Waals surface area (Å²) >= 11 is 0. The van der Waals surface area contributed by atoms with Crippen molar-refractivity contribution in [3.8, 4) is 0 Å². The van der Waals surface area contributed by atoms with E-state index in [-0.39, 0.29) is 5.78 Å². The molecule has 3 fully saturated rings. The van der Waals surface area contributed by atoms with Crippen LogP contribution < -0.4 is 15.5 Å². The molecule has 4 aliphatic rings. The van der Waals surface area contributed by atoms with Crippen molar-refractivity contribution in [3.05, 3.63) is 41.2 Å². The van der Waals surface area contributed by atoms with Gasteiger partial charge >= 0.3 is 0 Å². The fourth-order valence-corrected chi connectivity index (χ4v) is 6.99. The predicted molar refractivity (Wildman–Crippen MR) is 152 cm³/mol. The number of Topliss-reactive ketones (excluding diaryl/α,β-unsaturated/α-hetero) is 1. The molecule has 8 heteroatoms. The predicted octanol–water partition coefficient (Wildman–Crippen LogP) is 4.67. The van der Waals surface area contributed by atoms with Crippen molar-refractivity contribution in [3.63, 3.8) is 0 Å². The van der Waals surface area contributed by atoms with Gasteiger partial charge in [-0.05, 0) is 75.5 Å². The molecule has 2 aliphatic heterocycles. The molecule has 202 valence electrons. The largest absolute Gasteiger partial charge is 0.348 e. The third-order valence-corrected chi connectivity index (χ3v) is 9.28. The number of carbonyl (C=O) groups excluding carboxylic acids is 1. The summed E-state index contributed by atoms with van der Waals surface area (Å²) in [7, 11) is 0. The van der Waals surface area contributed by atoms with E-state index in [1.807, 2.05) is 19.3 Å². The summed E-state index contributed by atoms with van der Waals surface area (Å²) in [6.45, 7) is 8.96. The third kappa shape index (κ3) is 5.21. The quantitative estimate of drug-likeness (QED) is 0.574. The van der Waals surface area contributed by atoms with Crippen molar-refractivity contribution in [1.29, 1.82) is 0 Å². The molecule has 2 N–H and O–H groups in total. The van der Waals surface area contributed by atoms with Crippen molar-refractivity contribution < 1.29 is 4.79 Å². The molecule has 4 heterocycles. The molecule has 1 saturated heterocycles. The number of hydrogen-bond acceptors (Lipinski definition) is 8. The third-order valence-electron chi connectivity index (χ3n) is 9.28. The summed E-state index contributed by atoms with van der Waals surface area (Å²) < 4.78 is 0. The Kier molecular flexibility index (Phi) is 7.43. The molecule has 0 aromatic carbocycles. The van der Waals surface area contributed by atoms with E-state index in [9.17, 15) is 4.79 Å². The smallest absolute Gasteiger partial charge is 0.230 e. The van der Waals surface area contributed by atoms with Gasteiger partial charge in [0.05, 0.1) is 0 Å². The standard InChI is InChI=1S/C30H41N7O/c1-20-26-18-33-30(35-29(26)37(19-27(20)21(2)38)25-5-3-4-6-25)34-28-12-9-23(17-32-28)22-7-10-24(11-8-22)36-15-13-31-14-16-36/h9,12,17-18,22,24-25,31H,3-8,10-11,13-16,19H2,1-2H3,(H,32,33,34,35). The van der Waals surface area contributed by atoms with Gasteiger partial charge in [-0.2, -0.15) is 4.98 Å². The lowest BCUT2D eigenvalue weighted by molar-refractivity contribution is -0.113. The van der Waals surface area contributed by atoms with E-state index < -0.39 is 0 Å². The maximum atomic E-state index is 12.4. The highest BCUT2D eigenvalue weighted by Gasteiger charge is 2.32. The highest BCUT2D eigenvalue weighted by atomic mass is 16.1. The lowest BCUT2D eigenvalue weighted by Crippen LogP contribution is -2.49. The van der Waals surface area contributed by atoms with Gasteiger partial charge in [-0.15, -0.1) is 0 Å². The van der Waals surface area contributed by atoms with Crippen molar-refractivity contribution in [2.45, 2.75) is 83.2 Å². The number of pyridine rings is 1. The van der Waals surface area contributed by atoms with Gasteiger partial charge in [0.25, 0.3) is 0 Å². The first-order chi connectivity index (χ1) is 18.6. The van der Waals surface area contributed by atoms with Crippen molar-refractivity contribution >= 4 is 28.9 Å². The average Bonchev–Trinajstić information content (AvgIpc) is 3.49. The van der Waals surface area contributed by atoms with Crippen LogP contribution in [0.2, 0.25) is 0 Å². The van der Waals surface area contributed by atoms with E-state index in [1.54, 1.807) is 6.92 Å². The maximum absolute atomic E-state index is 12.4. The van der Waals surface area contributed by atoms with Crippen LogP contribution in [0, 0.1) is 0 Å². The second-order valence-electron chi connectivity index (χ2n) is 11.6. The van der Waals surface area contributed by atoms with Gasteiger partial charge in [-0.25, -0.2) is 9.97 Å². The summed E-state index contributed by atoms with van der Waals surface area (Å²) in [4.78, 5) is 31.7. The fraction of sp³-hybridized carbons (Fsp3) is 0.600. The minimum Gasteiger partial charge on any atom is -0.348 e. The van der Waals surface area contributed by atoms with E-state index in [4.69, 9.17) is 9.97 Å². The molecule has 0 atom stereocenters. The molecule has 2 aliphatic carbocycles. The molecule has 0 radical (unpaired) electrons. The number of fused-ring (bicyclic) bond motifs is 1.